The van der Waals surface area contributed by atoms with Crippen LogP contribution in [-0.2, 0) is 11.3 Å². The summed E-state index contributed by atoms with van der Waals surface area (Å²) >= 11 is 2.14. The van der Waals surface area contributed by atoms with E-state index in [1.807, 2.05) is 18.2 Å². The molecule has 7 heteroatoms. The number of nitrogens with one attached hydrogen (secondary N) is 2. The Morgan fingerprint density at radius 3 is 2.61 bits per heavy atom. The van der Waals surface area contributed by atoms with E-state index in [4.69, 9.17) is 4.42 Å². The molecule has 0 fully saturated rings. The molecule has 3 N–H and O–H groups in total. The van der Waals surface area contributed by atoms with Gasteiger partial charge in [-0.1, -0.05) is 6.07 Å². The van der Waals surface area contributed by atoms with Crippen LogP contribution in [0.15, 0.2) is 65.4 Å². The zero-order valence-corrected chi connectivity index (χ0v) is 16.7. The molecule has 0 bridgehead atoms. The molecule has 2 amide bonds. The van der Waals surface area contributed by atoms with Crippen LogP contribution >= 0.6 is 22.6 Å². The Labute approximate surface area is 174 Å². The molecule has 1 aromatic heterocycles. The highest BCUT2D eigenvalue weighted by Crippen LogP contribution is 2.30. The number of phenols is 1. The number of carbonyl (C=O) groups is 2. The predicted octanol–water partition coefficient (Wildman–Crippen LogP) is 3.66. The number of amides is 2. The van der Waals surface area contributed by atoms with Gasteiger partial charge in [0.25, 0.3) is 11.8 Å². The van der Waals surface area contributed by atoms with Crippen molar-refractivity contribution in [3.05, 3.63) is 81.3 Å². The highest BCUT2D eigenvalue weighted by atomic mass is 127. The summed E-state index contributed by atoms with van der Waals surface area (Å²) in [7, 11) is 0. The average Bonchev–Trinajstić information content (AvgIpc) is 3.18. The van der Waals surface area contributed by atoms with Gasteiger partial charge in [0, 0.05) is 27.4 Å². The smallest absolute Gasteiger partial charge is 0.260 e. The molecule has 3 aromatic rings. The number of halogens is 1. The van der Waals surface area contributed by atoms with Gasteiger partial charge in [0.05, 0.1) is 17.4 Å². The van der Waals surface area contributed by atoms with E-state index in [1.165, 1.54) is 0 Å². The van der Waals surface area contributed by atoms with E-state index in [9.17, 15) is 14.7 Å². The highest BCUT2D eigenvalue weighted by Gasteiger charge is 2.27. The normalized spacial score (nSPS) is 14.7. The van der Waals surface area contributed by atoms with E-state index in [1.54, 1.807) is 42.8 Å². The van der Waals surface area contributed by atoms with Gasteiger partial charge in [-0.05, 0) is 70.6 Å². The van der Waals surface area contributed by atoms with Crippen molar-refractivity contribution in [3.8, 4) is 17.1 Å². The van der Waals surface area contributed by atoms with Gasteiger partial charge in [-0.3, -0.25) is 14.9 Å². The van der Waals surface area contributed by atoms with Crippen molar-refractivity contribution in [2.24, 2.45) is 0 Å². The van der Waals surface area contributed by atoms with Crippen LogP contribution in [0.3, 0.4) is 0 Å². The lowest BCUT2D eigenvalue weighted by atomic mass is 9.95. The molecule has 2 aromatic carbocycles. The Bertz CT molecular complexity index is 1100. The molecule has 0 saturated carbocycles. The maximum absolute atomic E-state index is 12.3. The molecule has 1 aliphatic heterocycles. The minimum absolute atomic E-state index is 0.114. The number of rotatable bonds is 4. The largest absolute Gasteiger partial charge is 0.507 e. The lowest BCUT2D eigenvalue weighted by Gasteiger charge is -2.18. The fourth-order valence-corrected chi connectivity index (χ4v) is 3.53. The van der Waals surface area contributed by atoms with Crippen LogP contribution in [0, 0.1) is 3.57 Å². The van der Waals surface area contributed by atoms with Crippen LogP contribution < -0.4 is 10.6 Å². The molecule has 0 saturated heterocycles. The van der Waals surface area contributed by atoms with Crippen molar-refractivity contribution in [1.29, 1.82) is 0 Å². The quantitative estimate of drug-likeness (QED) is 0.298. The third kappa shape index (κ3) is 3.53. The summed E-state index contributed by atoms with van der Waals surface area (Å²) in [6.45, 7) is 0.399. The zero-order chi connectivity index (χ0) is 19.7. The Morgan fingerprint density at radius 2 is 1.86 bits per heavy atom. The molecule has 0 atom stereocenters. The first-order chi connectivity index (χ1) is 13.5. The third-order valence-corrected chi connectivity index (χ3v) is 5.06. The maximum atomic E-state index is 12.3. The summed E-state index contributed by atoms with van der Waals surface area (Å²) in [5, 5.41) is 15.7. The molecular weight excluding hydrogens is 471 g/mol. The average molecular weight is 486 g/mol. The van der Waals surface area contributed by atoms with Gasteiger partial charge in [0.2, 0.25) is 0 Å². The number of furan rings is 1. The van der Waals surface area contributed by atoms with Crippen LogP contribution in [0.4, 0.5) is 0 Å². The highest BCUT2D eigenvalue weighted by molar-refractivity contribution is 14.1. The molecule has 140 valence electrons. The Balaban J connectivity index is 1.55. The Hall–Kier alpha value is -3.07. The van der Waals surface area contributed by atoms with E-state index in [0.717, 1.165) is 9.13 Å². The number of benzene rings is 2. The molecule has 0 spiro atoms. The molecule has 0 radical (unpaired) electrons. The lowest BCUT2D eigenvalue weighted by molar-refractivity contribution is -0.114. The van der Waals surface area contributed by atoms with Crippen molar-refractivity contribution in [2.45, 2.75) is 6.54 Å². The van der Waals surface area contributed by atoms with Gasteiger partial charge in [-0.15, -0.1) is 0 Å². The fraction of sp³-hybridized carbons (Fsp3) is 0.0476. The first-order valence-electron chi connectivity index (χ1n) is 8.48. The second kappa shape index (κ2) is 7.51. The van der Waals surface area contributed by atoms with Crippen LogP contribution in [0.1, 0.15) is 21.5 Å². The molecule has 2 heterocycles. The SMILES string of the molecule is O=C1NC(=O)c2ccc(I)cc2/C1=C\NCc1ccc(-c2ccco2)c(O)c1. The minimum atomic E-state index is -0.442. The number of hydrogen-bond donors (Lipinski definition) is 3. The summed E-state index contributed by atoms with van der Waals surface area (Å²) in [5.41, 5.74) is 2.91. The van der Waals surface area contributed by atoms with E-state index < -0.39 is 11.8 Å². The first kappa shape index (κ1) is 18.3. The van der Waals surface area contributed by atoms with Gasteiger partial charge in [0.15, 0.2) is 0 Å². The van der Waals surface area contributed by atoms with Crippen LogP contribution in [-0.4, -0.2) is 16.9 Å². The summed E-state index contributed by atoms with van der Waals surface area (Å²) in [4.78, 5) is 24.3. The van der Waals surface area contributed by atoms with Gasteiger partial charge in [0.1, 0.15) is 11.5 Å². The second-order valence-corrected chi connectivity index (χ2v) is 7.49. The van der Waals surface area contributed by atoms with Crippen LogP contribution in [0.5, 0.6) is 5.75 Å². The fourth-order valence-electron chi connectivity index (χ4n) is 3.04. The summed E-state index contributed by atoms with van der Waals surface area (Å²) in [6, 6.07) is 14.2. The van der Waals surface area contributed by atoms with E-state index in [-0.39, 0.29) is 5.75 Å². The second-order valence-electron chi connectivity index (χ2n) is 6.24. The lowest BCUT2D eigenvalue weighted by Crippen LogP contribution is -2.37. The van der Waals surface area contributed by atoms with E-state index in [0.29, 0.717) is 34.6 Å². The summed E-state index contributed by atoms with van der Waals surface area (Å²) < 4.78 is 6.24. The molecule has 6 nitrogen and oxygen atoms in total. The Kier molecular flexibility index (Phi) is 4.91. The number of carbonyl (C=O) groups excluding carboxylic acids is 2. The van der Waals surface area contributed by atoms with Gasteiger partial charge >= 0.3 is 0 Å². The number of imide groups is 1. The van der Waals surface area contributed by atoms with Crippen molar-refractivity contribution in [2.75, 3.05) is 0 Å². The number of aromatic hydroxyl groups is 1. The van der Waals surface area contributed by atoms with Gasteiger partial charge < -0.3 is 14.8 Å². The summed E-state index contributed by atoms with van der Waals surface area (Å²) in [5.74, 6) is -0.133. The number of fused-ring (bicyclic) bond motifs is 1. The monoisotopic (exact) mass is 486 g/mol. The van der Waals surface area contributed by atoms with E-state index >= 15 is 0 Å². The third-order valence-electron chi connectivity index (χ3n) is 4.39. The molecule has 4 rings (SSSR count). The van der Waals surface area contributed by atoms with Crippen molar-refractivity contribution < 1.29 is 19.1 Å². The van der Waals surface area contributed by atoms with Crippen molar-refractivity contribution >= 4 is 40.0 Å². The Morgan fingerprint density at radius 1 is 1.04 bits per heavy atom. The molecule has 0 aliphatic carbocycles. The first-order valence-corrected chi connectivity index (χ1v) is 9.56. The topological polar surface area (TPSA) is 91.6 Å². The summed E-state index contributed by atoms with van der Waals surface area (Å²) in [6.07, 6.45) is 3.14. The van der Waals surface area contributed by atoms with Gasteiger partial charge in [-0.25, -0.2) is 0 Å². The molecule has 28 heavy (non-hydrogen) atoms. The van der Waals surface area contributed by atoms with Crippen LogP contribution in [0.2, 0.25) is 0 Å². The predicted molar refractivity (Wildman–Crippen MR) is 112 cm³/mol. The molecule has 0 unspecified atom stereocenters. The van der Waals surface area contributed by atoms with Crippen molar-refractivity contribution in [3.63, 3.8) is 0 Å². The number of hydrogen-bond acceptors (Lipinski definition) is 5. The standard InChI is InChI=1S/C21H15IN2O4/c22-13-4-6-14-16(9-13)17(21(27)24-20(14)26)11-23-10-12-3-5-15(18(25)8-12)19-2-1-7-28-19/h1-9,11,23,25H,10H2,(H,24,26,27)/b17-11+. The van der Waals surface area contributed by atoms with E-state index in [2.05, 4.69) is 33.2 Å². The number of phenolic OH excluding ortho intramolecular Hbond substituents is 1. The maximum Gasteiger partial charge on any atom is 0.260 e. The molecule has 1 aliphatic rings. The van der Waals surface area contributed by atoms with Crippen molar-refractivity contribution in [1.82, 2.24) is 10.6 Å². The van der Waals surface area contributed by atoms with Crippen LogP contribution in [0.25, 0.3) is 16.9 Å². The zero-order valence-electron chi connectivity index (χ0n) is 14.5. The molecular formula is C21H15IN2O4. The van der Waals surface area contributed by atoms with Gasteiger partial charge in [-0.2, -0.15) is 0 Å². The minimum Gasteiger partial charge on any atom is -0.507 e.